The fraction of sp³-hybridized carbons (Fsp3) is 0.290. The number of carbonyl (C=O) groups excluding carboxylic acids is 2. The topological polar surface area (TPSA) is 155 Å². The first-order chi connectivity index (χ1) is 21.8. The number of anilines is 5. The van der Waals surface area contributed by atoms with Crippen LogP contribution in [-0.2, 0) is 23.9 Å². The second-order valence-corrected chi connectivity index (χ2v) is 10.9. The molecule has 2 aromatic heterocycles. The van der Waals surface area contributed by atoms with Crippen LogP contribution in [0.15, 0.2) is 67.0 Å². The molecule has 0 aliphatic rings. The number of halogens is 3. The molecule has 12 nitrogen and oxygen atoms in total. The molecule has 15 heteroatoms. The number of benzene rings is 2. The van der Waals surface area contributed by atoms with Crippen molar-refractivity contribution in [2.75, 3.05) is 29.5 Å². The van der Waals surface area contributed by atoms with Crippen molar-refractivity contribution in [2.45, 2.75) is 45.5 Å². The monoisotopic (exact) mass is 637 g/mol. The number of nitrogens with one attached hydrogen (secondary N) is 5. The molecule has 0 bridgehead atoms. The zero-order valence-electron chi connectivity index (χ0n) is 25.6. The van der Waals surface area contributed by atoms with Gasteiger partial charge in [-0.1, -0.05) is 24.3 Å². The van der Waals surface area contributed by atoms with Gasteiger partial charge in [0.1, 0.15) is 17.0 Å². The van der Waals surface area contributed by atoms with Gasteiger partial charge in [0.2, 0.25) is 11.9 Å². The van der Waals surface area contributed by atoms with Gasteiger partial charge in [-0.25, -0.2) is 19.7 Å². The molecule has 0 aliphatic carbocycles. The van der Waals surface area contributed by atoms with Gasteiger partial charge in [0.05, 0.1) is 11.3 Å². The molecule has 2 aromatic carbocycles. The molecule has 2 heterocycles. The minimum Gasteiger partial charge on any atom is -0.444 e. The number of para-hydroxylation sites is 1. The van der Waals surface area contributed by atoms with Crippen LogP contribution in [-0.4, -0.2) is 51.1 Å². The van der Waals surface area contributed by atoms with Crippen LogP contribution in [0, 0.1) is 0 Å². The summed E-state index contributed by atoms with van der Waals surface area (Å²) in [6, 6.07) is 15.0. The predicted octanol–water partition coefficient (Wildman–Crippen LogP) is 5.81. The fourth-order valence-corrected chi connectivity index (χ4v) is 4.04. The van der Waals surface area contributed by atoms with E-state index >= 15 is 0 Å². The smallest absolute Gasteiger partial charge is 0.421 e. The van der Waals surface area contributed by atoms with Gasteiger partial charge in [-0.2, -0.15) is 18.2 Å². The molecule has 46 heavy (non-hydrogen) atoms. The van der Waals surface area contributed by atoms with Crippen LogP contribution in [0.25, 0.3) is 0 Å². The molecule has 5 N–H and O–H groups in total. The molecule has 2 amide bonds. The number of carbonyl (C=O) groups is 2. The lowest BCUT2D eigenvalue weighted by Gasteiger charge is -2.19. The average Bonchev–Trinajstić information content (AvgIpc) is 2.99. The highest BCUT2D eigenvalue weighted by Gasteiger charge is 2.35. The SMILES string of the molecule is CNC(=O)c1ccccc1Nc1nc(Nc2ccc(CNc3nccc(CCNC(=O)OC(C)(C)C)n3)cc2)ncc1C(F)(F)F. The Morgan fingerprint density at radius 3 is 2.33 bits per heavy atom. The third-order valence-corrected chi connectivity index (χ3v) is 6.17. The Labute approximate surface area is 263 Å². The van der Waals surface area contributed by atoms with Gasteiger partial charge in [0.25, 0.3) is 5.91 Å². The first kappa shape index (κ1) is 33.4. The standard InChI is InChI=1S/C31H34F3N9O3/c1-30(2,3)46-29(45)37-16-14-21-13-15-36-27(40-21)38-17-19-9-11-20(12-10-19)41-28-39-18-23(31(32,33)34)25(43-28)42-24-8-6-5-7-22(24)26(44)35-4/h5-13,15,18H,14,16-17H2,1-4H3,(H,35,44)(H,37,45)(H,36,38,40)(H2,39,41,42,43). The van der Waals surface area contributed by atoms with Gasteiger partial charge in [0.15, 0.2) is 0 Å². The summed E-state index contributed by atoms with van der Waals surface area (Å²) >= 11 is 0. The third kappa shape index (κ3) is 9.77. The lowest BCUT2D eigenvalue weighted by atomic mass is 10.1. The van der Waals surface area contributed by atoms with E-state index in [1.54, 1.807) is 57.3 Å². The van der Waals surface area contributed by atoms with Crippen LogP contribution in [0.3, 0.4) is 0 Å². The number of amides is 2. The molecular weight excluding hydrogens is 603 g/mol. The minimum atomic E-state index is -4.74. The van der Waals surface area contributed by atoms with Crippen LogP contribution in [0.5, 0.6) is 0 Å². The predicted molar refractivity (Wildman–Crippen MR) is 167 cm³/mol. The van der Waals surface area contributed by atoms with Crippen molar-refractivity contribution in [2.24, 2.45) is 0 Å². The summed E-state index contributed by atoms with van der Waals surface area (Å²) in [5, 5.41) is 13.9. The Kier molecular flexibility index (Phi) is 10.6. The molecule has 0 aliphatic heterocycles. The second kappa shape index (κ2) is 14.5. The molecule has 0 fully saturated rings. The van der Waals surface area contributed by atoms with Gasteiger partial charge < -0.3 is 31.3 Å². The number of aromatic nitrogens is 4. The molecular formula is C31H34F3N9O3. The summed E-state index contributed by atoms with van der Waals surface area (Å²) in [6.07, 6.45) is -2.45. The second-order valence-electron chi connectivity index (χ2n) is 10.9. The molecule has 0 radical (unpaired) electrons. The number of rotatable bonds is 11. The summed E-state index contributed by atoms with van der Waals surface area (Å²) in [5.74, 6) is -0.645. The molecule has 0 atom stereocenters. The zero-order valence-corrected chi connectivity index (χ0v) is 25.6. The van der Waals surface area contributed by atoms with Crippen molar-refractivity contribution >= 4 is 41.1 Å². The Hall–Kier alpha value is -5.47. The quantitative estimate of drug-likeness (QED) is 0.136. The number of ether oxygens (including phenoxy) is 1. The number of nitrogens with zero attached hydrogens (tertiary/aromatic N) is 4. The highest BCUT2D eigenvalue weighted by molar-refractivity contribution is 6.00. The van der Waals surface area contributed by atoms with Crippen molar-refractivity contribution < 1.29 is 27.5 Å². The maximum atomic E-state index is 13.8. The van der Waals surface area contributed by atoms with E-state index in [-0.39, 0.29) is 17.2 Å². The molecule has 0 saturated carbocycles. The van der Waals surface area contributed by atoms with Gasteiger partial charge in [-0.05, 0) is 56.7 Å². The molecule has 0 saturated heterocycles. The van der Waals surface area contributed by atoms with Crippen LogP contribution < -0.4 is 26.6 Å². The highest BCUT2D eigenvalue weighted by atomic mass is 19.4. The summed E-state index contributed by atoms with van der Waals surface area (Å²) in [7, 11) is 1.43. The zero-order chi connectivity index (χ0) is 33.3. The van der Waals surface area contributed by atoms with E-state index in [2.05, 4.69) is 46.5 Å². The van der Waals surface area contributed by atoms with E-state index in [9.17, 15) is 22.8 Å². The minimum absolute atomic E-state index is 0.0785. The molecule has 0 spiro atoms. The first-order valence-electron chi connectivity index (χ1n) is 14.2. The van der Waals surface area contributed by atoms with E-state index in [0.29, 0.717) is 37.3 Å². The normalized spacial score (nSPS) is 11.4. The first-order valence-corrected chi connectivity index (χ1v) is 14.2. The van der Waals surface area contributed by atoms with E-state index in [4.69, 9.17) is 4.74 Å². The number of alkyl halides is 3. The number of hydrogen-bond donors (Lipinski definition) is 5. The Morgan fingerprint density at radius 1 is 0.891 bits per heavy atom. The van der Waals surface area contributed by atoms with Crippen molar-refractivity contribution in [1.29, 1.82) is 0 Å². The molecule has 0 unspecified atom stereocenters. The Bertz CT molecular complexity index is 1660. The van der Waals surface area contributed by atoms with Crippen molar-refractivity contribution in [3.63, 3.8) is 0 Å². The van der Waals surface area contributed by atoms with E-state index in [1.807, 2.05) is 12.1 Å². The molecule has 4 rings (SSSR count). The Morgan fingerprint density at radius 2 is 1.63 bits per heavy atom. The number of alkyl carbamates (subject to hydrolysis) is 1. The fourth-order valence-electron chi connectivity index (χ4n) is 4.04. The summed E-state index contributed by atoms with van der Waals surface area (Å²) < 4.78 is 46.6. The largest absolute Gasteiger partial charge is 0.444 e. The summed E-state index contributed by atoms with van der Waals surface area (Å²) in [6.45, 7) is 6.12. The summed E-state index contributed by atoms with van der Waals surface area (Å²) in [5.41, 5.74) is 0.796. The lowest BCUT2D eigenvalue weighted by molar-refractivity contribution is -0.137. The van der Waals surface area contributed by atoms with Gasteiger partial charge in [-0.3, -0.25) is 4.79 Å². The highest BCUT2D eigenvalue weighted by Crippen LogP contribution is 2.36. The van der Waals surface area contributed by atoms with Crippen LogP contribution in [0.1, 0.15) is 48.0 Å². The molecule has 4 aromatic rings. The van der Waals surface area contributed by atoms with E-state index in [0.717, 1.165) is 11.3 Å². The van der Waals surface area contributed by atoms with Crippen molar-refractivity contribution in [3.05, 3.63) is 89.4 Å². The van der Waals surface area contributed by atoms with E-state index < -0.39 is 35.2 Å². The molecule has 242 valence electrons. The van der Waals surface area contributed by atoms with Crippen LogP contribution >= 0.6 is 0 Å². The number of hydrogen-bond acceptors (Lipinski definition) is 10. The van der Waals surface area contributed by atoms with Crippen LogP contribution in [0.2, 0.25) is 0 Å². The maximum Gasteiger partial charge on any atom is 0.421 e. The van der Waals surface area contributed by atoms with E-state index in [1.165, 1.54) is 19.2 Å². The summed E-state index contributed by atoms with van der Waals surface area (Å²) in [4.78, 5) is 40.7. The third-order valence-electron chi connectivity index (χ3n) is 6.17. The van der Waals surface area contributed by atoms with Gasteiger partial charge in [-0.15, -0.1) is 0 Å². The van der Waals surface area contributed by atoms with Crippen molar-refractivity contribution in [3.8, 4) is 0 Å². The lowest BCUT2D eigenvalue weighted by Crippen LogP contribution is -2.33. The van der Waals surface area contributed by atoms with Crippen molar-refractivity contribution in [1.82, 2.24) is 30.6 Å². The Balaban J connectivity index is 1.38. The van der Waals surface area contributed by atoms with Crippen LogP contribution in [0.4, 0.5) is 47.1 Å². The maximum absolute atomic E-state index is 13.8. The average molecular weight is 638 g/mol. The van der Waals surface area contributed by atoms with Gasteiger partial charge in [0, 0.05) is 50.3 Å². The van der Waals surface area contributed by atoms with Gasteiger partial charge >= 0.3 is 12.3 Å².